The summed E-state index contributed by atoms with van der Waals surface area (Å²) in [5.41, 5.74) is 5.41. The summed E-state index contributed by atoms with van der Waals surface area (Å²) in [5, 5.41) is 0. The molecule has 1 fully saturated rings. The zero-order valence-electron chi connectivity index (χ0n) is 10.1. The molecule has 0 unspecified atom stereocenters. The van der Waals surface area contributed by atoms with Gasteiger partial charge in [-0.25, -0.2) is 8.78 Å². The Bertz CT molecular complexity index is 176. The van der Waals surface area contributed by atoms with Gasteiger partial charge in [0.25, 0.3) is 5.92 Å². The van der Waals surface area contributed by atoms with Crippen LogP contribution in [0.3, 0.4) is 0 Å². The molecule has 16 heavy (non-hydrogen) atoms. The van der Waals surface area contributed by atoms with Gasteiger partial charge < -0.3 is 10.6 Å². The summed E-state index contributed by atoms with van der Waals surface area (Å²) >= 11 is 0. The lowest BCUT2D eigenvalue weighted by Crippen LogP contribution is -2.39. The van der Waals surface area contributed by atoms with Gasteiger partial charge in [-0.2, -0.15) is 0 Å². The van der Waals surface area contributed by atoms with E-state index in [1.54, 1.807) is 0 Å². The van der Waals surface area contributed by atoms with E-state index in [1.165, 1.54) is 19.3 Å². The molecule has 2 N–H and O–H groups in total. The van der Waals surface area contributed by atoms with Crippen LogP contribution in [-0.4, -0.2) is 37.0 Å². The first kappa shape index (κ1) is 13.8. The Morgan fingerprint density at radius 3 is 2.12 bits per heavy atom. The number of unbranched alkanes of at least 4 members (excludes halogenated alkanes) is 4. The Balaban J connectivity index is 1.94. The molecule has 0 saturated carbocycles. The maximum absolute atomic E-state index is 12.9. The largest absolute Gasteiger partial charge is 0.330 e. The fourth-order valence-electron chi connectivity index (χ4n) is 2.11. The zero-order chi connectivity index (χ0) is 11.9. The van der Waals surface area contributed by atoms with Crippen LogP contribution < -0.4 is 5.73 Å². The highest BCUT2D eigenvalue weighted by Gasteiger charge is 2.33. The second kappa shape index (κ2) is 7.17. The van der Waals surface area contributed by atoms with Crippen LogP contribution in [0.2, 0.25) is 0 Å². The topological polar surface area (TPSA) is 29.3 Å². The van der Waals surface area contributed by atoms with Gasteiger partial charge in [-0.1, -0.05) is 19.3 Å². The molecule has 0 bridgehead atoms. The Morgan fingerprint density at radius 2 is 1.50 bits per heavy atom. The molecular weight excluding hydrogens is 210 g/mol. The zero-order valence-corrected chi connectivity index (χ0v) is 10.1. The Kier molecular flexibility index (Phi) is 6.21. The molecule has 0 aromatic carbocycles. The minimum Gasteiger partial charge on any atom is -0.330 e. The third-order valence-corrected chi connectivity index (χ3v) is 3.27. The molecule has 0 spiro atoms. The van der Waals surface area contributed by atoms with Crippen molar-refractivity contribution in [2.45, 2.75) is 50.9 Å². The molecular formula is C12H24F2N2. The summed E-state index contributed by atoms with van der Waals surface area (Å²) < 4.78 is 25.7. The first-order valence-corrected chi connectivity index (χ1v) is 6.44. The van der Waals surface area contributed by atoms with Crippen LogP contribution in [-0.2, 0) is 0 Å². The second-order valence-corrected chi connectivity index (χ2v) is 4.75. The van der Waals surface area contributed by atoms with E-state index in [0.29, 0.717) is 13.1 Å². The average Bonchev–Trinajstić information content (AvgIpc) is 2.25. The highest BCUT2D eigenvalue weighted by Crippen LogP contribution is 2.27. The monoisotopic (exact) mass is 234 g/mol. The molecule has 1 heterocycles. The predicted molar refractivity (Wildman–Crippen MR) is 62.8 cm³/mol. The van der Waals surface area contributed by atoms with Crippen molar-refractivity contribution in [1.29, 1.82) is 0 Å². The maximum atomic E-state index is 12.9. The van der Waals surface area contributed by atoms with Crippen molar-refractivity contribution in [2.75, 3.05) is 26.2 Å². The van der Waals surface area contributed by atoms with E-state index < -0.39 is 5.92 Å². The molecule has 1 aliphatic heterocycles. The average molecular weight is 234 g/mol. The van der Waals surface area contributed by atoms with Gasteiger partial charge in [-0.15, -0.1) is 0 Å². The lowest BCUT2D eigenvalue weighted by Gasteiger charge is -2.31. The summed E-state index contributed by atoms with van der Waals surface area (Å²) in [7, 11) is 0. The minimum atomic E-state index is -2.41. The van der Waals surface area contributed by atoms with E-state index in [-0.39, 0.29) is 12.8 Å². The predicted octanol–water partition coefficient (Wildman–Crippen LogP) is 2.63. The molecule has 1 aliphatic rings. The standard InChI is InChI=1S/C12H24F2N2/c13-12(14)6-10-16(11-7-12)9-5-3-1-2-4-8-15/h1-11,15H2. The number of hydrogen-bond acceptors (Lipinski definition) is 2. The number of hydrogen-bond donors (Lipinski definition) is 1. The molecule has 0 aromatic rings. The number of nitrogens with two attached hydrogens (primary N) is 1. The Hall–Kier alpha value is -0.220. The van der Waals surface area contributed by atoms with Crippen molar-refractivity contribution in [3.63, 3.8) is 0 Å². The highest BCUT2D eigenvalue weighted by molar-refractivity contribution is 4.77. The van der Waals surface area contributed by atoms with Crippen LogP contribution in [0.5, 0.6) is 0 Å². The molecule has 96 valence electrons. The molecule has 0 aromatic heterocycles. The summed E-state index contributed by atoms with van der Waals surface area (Å²) in [6.07, 6.45) is 5.95. The maximum Gasteiger partial charge on any atom is 0.250 e. The molecule has 4 heteroatoms. The van der Waals surface area contributed by atoms with Crippen LogP contribution in [0.25, 0.3) is 0 Å². The third-order valence-electron chi connectivity index (χ3n) is 3.27. The van der Waals surface area contributed by atoms with Crippen LogP contribution in [0.1, 0.15) is 44.9 Å². The van der Waals surface area contributed by atoms with E-state index in [0.717, 1.165) is 25.9 Å². The first-order valence-electron chi connectivity index (χ1n) is 6.44. The van der Waals surface area contributed by atoms with Crippen molar-refractivity contribution >= 4 is 0 Å². The lowest BCUT2D eigenvalue weighted by atomic mass is 10.1. The van der Waals surface area contributed by atoms with Crippen LogP contribution >= 0.6 is 0 Å². The molecule has 0 radical (unpaired) electrons. The molecule has 1 saturated heterocycles. The van der Waals surface area contributed by atoms with E-state index in [1.807, 2.05) is 0 Å². The molecule has 0 aliphatic carbocycles. The summed E-state index contributed by atoms with van der Waals surface area (Å²) in [4.78, 5) is 2.17. The van der Waals surface area contributed by atoms with Crippen molar-refractivity contribution in [2.24, 2.45) is 5.73 Å². The van der Waals surface area contributed by atoms with E-state index in [9.17, 15) is 8.78 Å². The summed E-state index contributed by atoms with van der Waals surface area (Å²) in [6, 6.07) is 0. The van der Waals surface area contributed by atoms with Gasteiger partial charge in [0.2, 0.25) is 0 Å². The van der Waals surface area contributed by atoms with Gasteiger partial charge in [-0.05, 0) is 25.9 Å². The van der Waals surface area contributed by atoms with E-state index in [2.05, 4.69) is 4.90 Å². The summed E-state index contributed by atoms with van der Waals surface area (Å²) in [5.74, 6) is -2.41. The normalized spacial score (nSPS) is 21.2. The van der Waals surface area contributed by atoms with Crippen LogP contribution in [0.15, 0.2) is 0 Å². The fraction of sp³-hybridized carbons (Fsp3) is 1.00. The number of nitrogens with zero attached hydrogens (tertiary/aromatic N) is 1. The number of piperidine rings is 1. The van der Waals surface area contributed by atoms with Crippen molar-refractivity contribution in [3.05, 3.63) is 0 Å². The number of alkyl halides is 2. The molecule has 1 rings (SSSR count). The fourth-order valence-corrected chi connectivity index (χ4v) is 2.11. The number of likely N-dealkylation sites (tertiary alicyclic amines) is 1. The quantitative estimate of drug-likeness (QED) is 0.686. The van der Waals surface area contributed by atoms with Crippen molar-refractivity contribution < 1.29 is 8.78 Å². The Labute approximate surface area is 97.2 Å². The SMILES string of the molecule is NCCCCCCCN1CCC(F)(F)CC1. The lowest BCUT2D eigenvalue weighted by molar-refractivity contribution is -0.0552. The third kappa shape index (κ3) is 5.75. The second-order valence-electron chi connectivity index (χ2n) is 4.75. The minimum absolute atomic E-state index is 0.0418. The smallest absolute Gasteiger partial charge is 0.250 e. The van der Waals surface area contributed by atoms with Gasteiger partial charge in [0.05, 0.1) is 0 Å². The highest BCUT2D eigenvalue weighted by atomic mass is 19.3. The molecule has 0 amide bonds. The number of rotatable bonds is 7. The van der Waals surface area contributed by atoms with Gasteiger partial charge in [-0.3, -0.25) is 0 Å². The van der Waals surface area contributed by atoms with Gasteiger partial charge in [0, 0.05) is 25.9 Å². The summed E-state index contributed by atoms with van der Waals surface area (Å²) in [6.45, 7) is 2.89. The van der Waals surface area contributed by atoms with Crippen molar-refractivity contribution in [1.82, 2.24) is 4.90 Å². The van der Waals surface area contributed by atoms with Crippen molar-refractivity contribution in [3.8, 4) is 0 Å². The van der Waals surface area contributed by atoms with E-state index >= 15 is 0 Å². The molecule has 0 atom stereocenters. The van der Waals surface area contributed by atoms with Crippen LogP contribution in [0, 0.1) is 0 Å². The van der Waals surface area contributed by atoms with Gasteiger partial charge in [0.1, 0.15) is 0 Å². The molecule has 2 nitrogen and oxygen atoms in total. The van der Waals surface area contributed by atoms with Gasteiger partial charge in [0.15, 0.2) is 0 Å². The first-order chi connectivity index (χ1) is 7.64. The number of halogens is 2. The van der Waals surface area contributed by atoms with E-state index in [4.69, 9.17) is 5.73 Å². The van der Waals surface area contributed by atoms with Gasteiger partial charge >= 0.3 is 0 Å². The Morgan fingerprint density at radius 1 is 0.938 bits per heavy atom. The van der Waals surface area contributed by atoms with Crippen LogP contribution in [0.4, 0.5) is 8.78 Å².